The Morgan fingerprint density at radius 2 is 1.70 bits per heavy atom. The highest BCUT2D eigenvalue weighted by Gasteiger charge is 2.42. The van der Waals surface area contributed by atoms with Crippen LogP contribution in [0.4, 0.5) is 4.39 Å². The Bertz CT molecular complexity index is 884. The van der Waals surface area contributed by atoms with Gasteiger partial charge in [0.05, 0.1) is 5.41 Å². The summed E-state index contributed by atoms with van der Waals surface area (Å²) < 4.78 is 14.1. The van der Waals surface area contributed by atoms with E-state index in [1.807, 2.05) is 56.0 Å². The third-order valence-corrected chi connectivity index (χ3v) is 6.03. The quantitative estimate of drug-likeness (QED) is 0.766. The fourth-order valence-corrected chi connectivity index (χ4v) is 4.24. The van der Waals surface area contributed by atoms with Crippen LogP contribution in [0.15, 0.2) is 48.5 Å². The molecule has 1 aliphatic heterocycles. The second-order valence-corrected chi connectivity index (χ2v) is 8.47. The molecule has 2 amide bonds. The van der Waals surface area contributed by atoms with Crippen molar-refractivity contribution in [1.29, 1.82) is 0 Å². The van der Waals surface area contributed by atoms with Crippen LogP contribution in [0.3, 0.4) is 0 Å². The number of carbonyl (C=O) groups excluding carboxylic acids is 2. The number of hydrogen-bond donors (Lipinski definition) is 1. The number of piperidine rings is 1. The van der Waals surface area contributed by atoms with Crippen LogP contribution in [-0.4, -0.2) is 36.3 Å². The van der Waals surface area contributed by atoms with Gasteiger partial charge in [-0.15, -0.1) is 0 Å². The molecular formula is C25H31FN2O2. The molecule has 1 N–H and O–H groups in total. The highest BCUT2D eigenvalue weighted by atomic mass is 19.1. The summed E-state index contributed by atoms with van der Waals surface area (Å²) >= 11 is 0. The van der Waals surface area contributed by atoms with Gasteiger partial charge in [-0.2, -0.15) is 0 Å². The van der Waals surface area contributed by atoms with Gasteiger partial charge in [0, 0.05) is 31.1 Å². The fourth-order valence-electron chi connectivity index (χ4n) is 4.24. The van der Waals surface area contributed by atoms with Crippen LogP contribution in [0.1, 0.15) is 39.2 Å². The first-order valence-electron chi connectivity index (χ1n) is 10.8. The van der Waals surface area contributed by atoms with Crippen molar-refractivity contribution in [3.63, 3.8) is 0 Å². The molecule has 30 heavy (non-hydrogen) atoms. The average molecular weight is 411 g/mol. The molecule has 0 radical (unpaired) electrons. The molecule has 0 atom stereocenters. The van der Waals surface area contributed by atoms with E-state index in [1.165, 1.54) is 6.07 Å². The molecule has 160 valence electrons. The van der Waals surface area contributed by atoms with E-state index >= 15 is 0 Å². The maximum Gasteiger partial charge on any atom is 0.226 e. The predicted octanol–water partition coefficient (Wildman–Crippen LogP) is 4.44. The molecule has 1 saturated heterocycles. The number of benzene rings is 2. The average Bonchev–Trinajstić information content (AvgIpc) is 2.75. The second-order valence-electron chi connectivity index (χ2n) is 8.47. The number of carbonyl (C=O) groups is 2. The molecule has 0 saturated carbocycles. The lowest BCUT2D eigenvalue weighted by atomic mass is 9.72. The van der Waals surface area contributed by atoms with Gasteiger partial charge in [0.2, 0.25) is 11.8 Å². The van der Waals surface area contributed by atoms with E-state index in [4.69, 9.17) is 0 Å². The third-order valence-electron chi connectivity index (χ3n) is 6.03. The molecule has 1 heterocycles. The number of likely N-dealkylation sites (tertiary alicyclic amines) is 1. The van der Waals surface area contributed by atoms with Crippen molar-refractivity contribution in [2.24, 2.45) is 11.3 Å². The zero-order valence-electron chi connectivity index (χ0n) is 18.1. The first kappa shape index (κ1) is 22.0. The van der Waals surface area contributed by atoms with Crippen LogP contribution in [-0.2, 0) is 16.0 Å². The summed E-state index contributed by atoms with van der Waals surface area (Å²) in [5.41, 5.74) is 1.91. The van der Waals surface area contributed by atoms with Gasteiger partial charge in [0.15, 0.2) is 0 Å². The van der Waals surface area contributed by atoms with E-state index < -0.39 is 5.41 Å². The number of hydrogen-bond acceptors (Lipinski definition) is 2. The Balaban J connectivity index is 1.78. The van der Waals surface area contributed by atoms with E-state index in [1.54, 1.807) is 12.1 Å². The van der Waals surface area contributed by atoms with E-state index in [9.17, 15) is 14.0 Å². The summed E-state index contributed by atoms with van der Waals surface area (Å²) in [5.74, 6) is -0.0762. The van der Waals surface area contributed by atoms with Crippen molar-refractivity contribution in [3.8, 4) is 11.1 Å². The van der Waals surface area contributed by atoms with Gasteiger partial charge in [-0.25, -0.2) is 4.39 Å². The standard InChI is InChI=1S/C25H31FN2O2/c1-4-27-24(30)25(13-15-28(16-14-25)23(29)18(2)3)17-19-9-11-20(12-10-19)21-7-5-6-8-22(21)26/h5-12,18H,4,13-17H2,1-3H3,(H,27,30). The topological polar surface area (TPSA) is 49.4 Å². The van der Waals surface area contributed by atoms with Gasteiger partial charge in [0.25, 0.3) is 0 Å². The van der Waals surface area contributed by atoms with Crippen LogP contribution >= 0.6 is 0 Å². The molecule has 0 unspecified atom stereocenters. The Labute approximate surface area is 178 Å². The normalized spacial score (nSPS) is 15.8. The van der Waals surface area contributed by atoms with Gasteiger partial charge in [-0.1, -0.05) is 56.3 Å². The number of nitrogens with one attached hydrogen (secondary N) is 1. The summed E-state index contributed by atoms with van der Waals surface area (Å²) in [7, 11) is 0. The molecule has 0 bridgehead atoms. The van der Waals surface area contributed by atoms with E-state index in [-0.39, 0.29) is 23.5 Å². The highest BCUT2D eigenvalue weighted by Crippen LogP contribution is 2.36. The molecule has 1 fully saturated rings. The Kier molecular flexibility index (Phi) is 6.91. The molecule has 2 aromatic carbocycles. The van der Waals surface area contributed by atoms with Crippen LogP contribution in [0, 0.1) is 17.2 Å². The van der Waals surface area contributed by atoms with E-state index in [0.29, 0.717) is 44.5 Å². The SMILES string of the molecule is CCNC(=O)C1(Cc2ccc(-c3ccccc3F)cc2)CCN(C(=O)C(C)C)CC1. The van der Waals surface area contributed by atoms with Gasteiger partial charge in [0.1, 0.15) is 5.82 Å². The molecular weight excluding hydrogens is 379 g/mol. The summed E-state index contributed by atoms with van der Waals surface area (Å²) in [5, 5.41) is 3.00. The monoisotopic (exact) mass is 410 g/mol. The van der Waals surface area contributed by atoms with Gasteiger partial charge < -0.3 is 10.2 Å². The van der Waals surface area contributed by atoms with Crippen LogP contribution in [0.5, 0.6) is 0 Å². The van der Waals surface area contributed by atoms with Crippen molar-refractivity contribution >= 4 is 11.8 Å². The smallest absolute Gasteiger partial charge is 0.226 e. The second kappa shape index (κ2) is 9.41. The van der Waals surface area contributed by atoms with Crippen LogP contribution < -0.4 is 5.32 Å². The zero-order chi connectivity index (χ0) is 21.7. The van der Waals surface area contributed by atoms with Crippen LogP contribution in [0.2, 0.25) is 0 Å². The molecule has 2 aromatic rings. The minimum Gasteiger partial charge on any atom is -0.356 e. The summed E-state index contributed by atoms with van der Waals surface area (Å²) in [6.45, 7) is 7.52. The molecule has 3 rings (SSSR count). The maximum atomic E-state index is 14.1. The van der Waals surface area contributed by atoms with Gasteiger partial charge in [-0.05, 0) is 43.4 Å². The first-order valence-corrected chi connectivity index (χ1v) is 10.8. The molecule has 4 nitrogen and oxygen atoms in total. The van der Waals surface area contributed by atoms with Crippen LogP contribution in [0.25, 0.3) is 11.1 Å². The highest BCUT2D eigenvalue weighted by molar-refractivity contribution is 5.84. The summed E-state index contributed by atoms with van der Waals surface area (Å²) in [4.78, 5) is 27.2. The molecule has 0 aromatic heterocycles. The number of nitrogens with zero attached hydrogens (tertiary/aromatic N) is 1. The Morgan fingerprint density at radius 1 is 1.07 bits per heavy atom. The number of halogens is 1. The van der Waals surface area contributed by atoms with Crippen molar-refractivity contribution in [2.45, 2.75) is 40.0 Å². The fraction of sp³-hybridized carbons (Fsp3) is 0.440. The lowest BCUT2D eigenvalue weighted by Crippen LogP contribution is -2.51. The molecule has 0 aliphatic carbocycles. The first-order chi connectivity index (χ1) is 14.4. The lowest BCUT2D eigenvalue weighted by molar-refractivity contribution is -0.142. The number of rotatable bonds is 6. The summed E-state index contributed by atoms with van der Waals surface area (Å²) in [6.07, 6.45) is 1.90. The van der Waals surface area contributed by atoms with Crippen molar-refractivity contribution in [2.75, 3.05) is 19.6 Å². The molecule has 1 aliphatic rings. The maximum absolute atomic E-state index is 14.1. The largest absolute Gasteiger partial charge is 0.356 e. The van der Waals surface area contributed by atoms with E-state index in [2.05, 4.69) is 5.32 Å². The molecule has 5 heteroatoms. The zero-order valence-corrected chi connectivity index (χ0v) is 18.1. The Morgan fingerprint density at radius 3 is 2.27 bits per heavy atom. The van der Waals surface area contributed by atoms with Crippen molar-refractivity contribution in [3.05, 3.63) is 59.9 Å². The lowest BCUT2D eigenvalue weighted by Gasteiger charge is -2.41. The minimum absolute atomic E-state index is 0.0344. The van der Waals surface area contributed by atoms with E-state index in [0.717, 1.165) is 11.1 Å². The van der Waals surface area contributed by atoms with Crippen molar-refractivity contribution < 1.29 is 14.0 Å². The molecule has 0 spiro atoms. The van der Waals surface area contributed by atoms with Crippen molar-refractivity contribution in [1.82, 2.24) is 10.2 Å². The number of amides is 2. The summed E-state index contributed by atoms with van der Waals surface area (Å²) in [6, 6.07) is 14.5. The van der Waals surface area contributed by atoms with Gasteiger partial charge in [-0.3, -0.25) is 9.59 Å². The van der Waals surface area contributed by atoms with Gasteiger partial charge >= 0.3 is 0 Å². The Hall–Kier alpha value is -2.69. The minimum atomic E-state index is -0.525. The third kappa shape index (κ3) is 4.72. The predicted molar refractivity (Wildman–Crippen MR) is 117 cm³/mol.